The molecule has 0 spiro atoms. The minimum absolute atomic E-state index is 0.110. The van der Waals surface area contributed by atoms with Crippen molar-refractivity contribution >= 4 is 11.9 Å². The second-order valence-corrected chi connectivity index (χ2v) is 6.53. The quantitative estimate of drug-likeness (QED) is 0.746. The number of benzene rings is 1. The first-order chi connectivity index (χ1) is 10.2. The standard InChI is InChI=1S/C18H26O4/c1-11(2)6-5-7-12(3)10-15-14(17(19)20)9-8-13(4)16(15)18(21)22/h8-9,11-12H,5-7,10H2,1-4H3,(H,19,20)(H,21,22)/t12-/m1/s1. The monoisotopic (exact) mass is 306 g/mol. The van der Waals surface area contributed by atoms with E-state index in [-0.39, 0.29) is 17.0 Å². The van der Waals surface area contributed by atoms with E-state index in [9.17, 15) is 19.8 Å². The summed E-state index contributed by atoms with van der Waals surface area (Å²) in [5, 5.41) is 18.8. The van der Waals surface area contributed by atoms with Gasteiger partial charge in [-0.1, -0.05) is 46.1 Å². The van der Waals surface area contributed by atoms with Crippen molar-refractivity contribution in [2.45, 2.75) is 53.4 Å². The highest BCUT2D eigenvalue weighted by molar-refractivity contribution is 5.97. The summed E-state index contributed by atoms with van der Waals surface area (Å²) in [5.74, 6) is -1.20. The highest BCUT2D eigenvalue weighted by atomic mass is 16.4. The zero-order valence-electron chi connectivity index (χ0n) is 13.8. The molecule has 122 valence electrons. The fourth-order valence-corrected chi connectivity index (χ4v) is 2.80. The molecule has 0 bridgehead atoms. The number of aryl methyl sites for hydroxylation is 1. The van der Waals surface area contributed by atoms with Gasteiger partial charge >= 0.3 is 11.9 Å². The Kier molecular flexibility index (Phi) is 6.60. The Bertz CT molecular complexity index is 546. The molecular formula is C18H26O4. The maximum absolute atomic E-state index is 11.5. The van der Waals surface area contributed by atoms with Gasteiger partial charge in [-0.3, -0.25) is 0 Å². The molecule has 4 heteroatoms. The van der Waals surface area contributed by atoms with Crippen LogP contribution in [0.4, 0.5) is 0 Å². The molecule has 0 aliphatic rings. The number of hydrogen-bond acceptors (Lipinski definition) is 2. The SMILES string of the molecule is Cc1ccc(C(=O)O)c(C[C@H](C)CCCC(C)C)c1C(=O)O. The molecule has 1 aromatic rings. The predicted octanol–water partition coefficient (Wildman–Crippen LogP) is 4.40. The molecule has 0 saturated heterocycles. The third-order valence-corrected chi connectivity index (χ3v) is 4.00. The van der Waals surface area contributed by atoms with E-state index in [1.54, 1.807) is 13.0 Å². The molecular weight excluding hydrogens is 280 g/mol. The van der Waals surface area contributed by atoms with Gasteiger partial charge in [-0.15, -0.1) is 0 Å². The largest absolute Gasteiger partial charge is 0.478 e. The molecule has 4 nitrogen and oxygen atoms in total. The van der Waals surface area contributed by atoms with E-state index >= 15 is 0 Å². The van der Waals surface area contributed by atoms with Crippen molar-refractivity contribution in [2.75, 3.05) is 0 Å². The van der Waals surface area contributed by atoms with Gasteiger partial charge in [0.1, 0.15) is 0 Å². The van der Waals surface area contributed by atoms with Crippen LogP contribution in [0, 0.1) is 18.8 Å². The number of aromatic carboxylic acids is 2. The minimum atomic E-state index is -1.06. The van der Waals surface area contributed by atoms with Gasteiger partial charge in [0.05, 0.1) is 11.1 Å². The first-order valence-corrected chi connectivity index (χ1v) is 7.83. The summed E-state index contributed by atoms with van der Waals surface area (Å²) < 4.78 is 0. The van der Waals surface area contributed by atoms with E-state index in [0.717, 1.165) is 19.3 Å². The average Bonchev–Trinajstić information content (AvgIpc) is 2.37. The van der Waals surface area contributed by atoms with Crippen LogP contribution in [0.3, 0.4) is 0 Å². The molecule has 22 heavy (non-hydrogen) atoms. The van der Waals surface area contributed by atoms with Crippen molar-refractivity contribution in [3.63, 3.8) is 0 Å². The third-order valence-electron chi connectivity index (χ3n) is 4.00. The lowest BCUT2D eigenvalue weighted by molar-refractivity contribution is 0.0694. The second-order valence-electron chi connectivity index (χ2n) is 6.53. The molecule has 1 rings (SSSR count). The molecule has 1 aromatic carbocycles. The Morgan fingerprint density at radius 1 is 1.05 bits per heavy atom. The van der Waals surface area contributed by atoms with Crippen LogP contribution in [0.25, 0.3) is 0 Å². The van der Waals surface area contributed by atoms with Crippen LogP contribution in [-0.4, -0.2) is 22.2 Å². The minimum Gasteiger partial charge on any atom is -0.478 e. The van der Waals surface area contributed by atoms with Gasteiger partial charge in [-0.25, -0.2) is 9.59 Å². The van der Waals surface area contributed by atoms with Crippen molar-refractivity contribution < 1.29 is 19.8 Å². The van der Waals surface area contributed by atoms with Gasteiger partial charge < -0.3 is 10.2 Å². The second kappa shape index (κ2) is 7.97. The van der Waals surface area contributed by atoms with Gasteiger partial charge in [0.25, 0.3) is 0 Å². The van der Waals surface area contributed by atoms with E-state index in [0.29, 0.717) is 23.5 Å². The Labute approximate surface area is 132 Å². The van der Waals surface area contributed by atoms with E-state index in [4.69, 9.17) is 0 Å². The number of carboxylic acids is 2. The first kappa shape index (κ1) is 18.2. The van der Waals surface area contributed by atoms with Crippen LogP contribution >= 0.6 is 0 Å². The molecule has 0 aromatic heterocycles. The summed E-state index contributed by atoms with van der Waals surface area (Å²) in [6.07, 6.45) is 3.68. The van der Waals surface area contributed by atoms with Crippen LogP contribution in [0.15, 0.2) is 12.1 Å². The molecule has 0 radical (unpaired) electrons. The summed E-state index contributed by atoms with van der Waals surface area (Å²) >= 11 is 0. The van der Waals surface area contributed by atoms with E-state index in [1.807, 2.05) is 0 Å². The summed E-state index contributed by atoms with van der Waals surface area (Å²) in [7, 11) is 0. The van der Waals surface area contributed by atoms with Crippen molar-refractivity contribution in [3.8, 4) is 0 Å². The highest BCUT2D eigenvalue weighted by Gasteiger charge is 2.22. The number of hydrogen-bond donors (Lipinski definition) is 2. The summed E-state index contributed by atoms with van der Waals surface area (Å²) in [6, 6.07) is 3.08. The van der Waals surface area contributed by atoms with Crippen molar-refractivity contribution in [3.05, 3.63) is 34.4 Å². The Balaban J connectivity index is 3.02. The molecule has 0 saturated carbocycles. The normalized spacial score (nSPS) is 12.4. The molecule has 0 heterocycles. The van der Waals surface area contributed by atoms with E-state index in [2.05, 4.69) is 20.8 Å². The van der Waals surface area contributed by atoms with Gasteiger partial charge in [-0.05, 0) is 42.4 Å². The summed E-state index contributed by atoms with van der Waals surface area (Å²) in [5.41, 5.74) is 1.33. The summed E-state index contributed by atoms with van der Waals surface area (Å²) in [4.78, 5) is 22.9. The van der Waals surface area contributed by atoms with Crippen LogP contribution in [-0.2, 0) is 6.42 Å². The van der Waals surface area contributed by atoms with Crippen LogP contribution in [0.5, 0.6) is 0 Å². The Hall–Kier alpha value is -1.84. The molecule has 0 aliphatic heterocycles. The zero-order chi connectivity index (χ0) is 16.9. The molecule has 0 aliphatic carbocycles. The molecule has 2 N–H and O–H groups in total. The molecule has 0 unspecified atom stereocenters. The van der Waals surface area contributed by atoms with Crippen molar-refractivity contribution in [1.29, 1.82) is 0 Å². The van der Waals surface area contributed by atoms with Crippen LogP contribution < -0.4 is 0 Å². The smallest absolute Gasteiger partial charge is 0.336 e. The van der Waals surface area contributed by atoms with Crippen LogP contribution in [0.1, 0.15) is 71.9 Å². The average molecular weight is 306 g/mol. The predicted molar refractivity (Wildman–Crippen MR) is 86.7 cm³/mol. The van der Waals surface area contributed by atoms with Gasteiger partial charge in [-0.2, -0.15) is 0 Å². The fraction of sp³-hybridized carbons (Fsp3) is 0.556. The fourth-order valence-electron chi connectivity index (χ4n) is 2.80. The van der Waals surface area contributed by atoms with Crippen molar-refractivity contribution in [1.82, 2.24) is 0 Å². The van der Waals surface area contributed by atoms with Gasteiger partial charge in [0.15, 0.2) is 0 Å². The number of carboxylic acid groups (broad SMARTS) is 2. The van der Waals surface area contributed by atoms with Gasteiger partial charge in [0.2, 0.25) is 0 Å². The third kappa shape index (κ3) is 4.86. The van der Waals surface area contributed by atoms with Gasteiger partial charge in [0, 0.05) is 0 Å². The lowest BCUT2D eigenvalue weighted by Gasteiger charge is -2.17. The maximum atomic E-state index is 11.5. The molecule has 1 atom stereocenters. The number of rotatable bonds is 8. The molecule has 0 amide bonds. The van der Waals surface area contributed by atoms with E-state index in [1.165, 1.54) is 6.07 Å². The van der Waals surface area contributed by atoms with Crippen molar-refractivity contribution in [2.24, 2.45) is 11.8 Å². The number of carbonyl (C=O) groups is 2. The highest BCUT2D eigenvalue weighted by Crippen LogP contribution is 2.25. The topological polar surface area (TPSA) is 74.6 Å². The summed E-state index contributed by atoms with van der Waals surface area (Å²) in [6.45, 7) is 8.12. The lowest BCUT2D eigenvalue weighted by atomic mass is 9.87. The Morgan fingerprint density at radius 3 is 2.18 bits per heavy atom. The maximum Gasteiger partial charge on any atom is 0.336 e. The lowest BCUT2D eigenvalue weighted by Crippen LogP contribution is -2.14. The molecule has 0 fully saturated rings. The first-order valence-electron chi connectivity index (χ1n) is 7.83. The van der Waals surface area contributed by atoms with E-state index < -0.39 is 11.9 Å². The Morgan fingerprint density at radius 2 is 1.68 bits per heavy atom. The van der Waals surface area contributed by atoms with Crippen LogP contribution in [0.2, 0.25) is 0 Å². The zero-order valence-corrected chi connectivity index (χ0v) is 13.8.